The highest BCUT2D eigenvalue weighted by Gasteiger charge is 2.07. The van der Waals surface area contributed by atoms with E-state index in [1.165, 1.54) is 0 Å². The molecule has 0 bridgehead atoms. The van der Waals surface area contributed by atoms with Crippen molar-refractivity contribution >= 4 is 17.6 Å². The summed E-state index contributed by atoms with van der Waals surface area (Å²) in [4.78, 5) is 9.99. The van der Waals surface area contributed by atoms with Crippen LogP contribution in [0.15, 0.2) is 28.4 Å². The van der Waals surface area contributed by atoms with Gasteiger partial charge in [-0.3, -0.25) is 4.68 Å². The van der Waals surface area contributed by atoms with E-state index < -0.39 is 0 Å². The third kappa shape index (κ3) is 4.21. The molecule has 0 saturated carbocycles. The minimum absolute atomic E-state index is 0.427. The lowest BCUT2D eigenvalue weighted by atomic mass is 10.5. The summed E-state index contributed by atoms with van der Waals surface area (Å²) in [7, 11) is 1.90. The molecule has 2 aromatic rings. The second kappa shape index (κ2) is 7.25. The zero-order chi connectivity index (χ0) is 14.4. The van der Waals surface area contributed by atoms with Crippen molar-refractivity contribution in [3.8, 4) is 0 Å². The van der Waals surface area contributed by atoms with Crippen molar-refractivity contribution in [2.24, 2.45) is 7.05 Å². The number of nitrogens with one attached hydrogen (secondary N) is 1. The lowest BCUT2D eigenvalue weighted by Crippen LogP contribution is -2.05. The van der Waals surface area contributed by atoms with E-state index >= 15 is 0 Å². The van der Waals surface area contributed by atoms with Crippen molar-refractivity contribution in [2.75, 3.05) is 18.5 Å². The molecule has 0 amide bonds. The van der Waals surface area contributed by atoms with Crippen LogP contribution in [-0.4, -0.2) is 32.9 Å². The van der Waals surface area contributed by atoms with E-state index in [2.05, 4.69) is 20.4 Å². The summed E-state index contributed by atoms with van der Waals surface area (Å²) < 4.78 is 7.16. The molecule has 20 heavy (non-hydrogen) atoms. The predicted molar refractivity (Wildman–Crippen MR) is 78.9 cm³/mol. The molecule has 0 aromatic carbocycles. The van der Waals surface area contributed by atoms with E-state index in [1.807, 2.05) is 39.4 Å². The minimum atomic E-state index is 0.427. The molecule has 6 nitrogen and oxygen atoms in total. The van der Waals surface area contributed by atoms with Gasteiger partial charge in [-0.15, -0.1) is 0 Å². The van der Waals surface area contributed by atoms with Crippen molar-refractivity contribution in [3.63, 3.8) is 0 Å². The number of nitrogens with zero attached hydrogens (tertiary/aromatic N) is 4. The summed E-state index contributed by atoms with van der Waals surface area (Å²) in [5.74, 6) is 1.51. The molecule has 0 fully saturated rings. The van der Waals surface area contributed by atoms with Gasteiger partial charge in [-0.05, 0) is 13.8 Å². The van der Waals surface area contributed by atoms with Gasteiger partial charge in [0.05, 0.1) is 11.1 Å². The fourth-order valence-electron chi connectivity index (χ4n) is 1.63. The normalized spacial score (nSPS) is 10.8. The Morgan fingerprint density at radius 1 is 1.35 bits per heavy atom. The van der Waals surface area contributed by atoms with E-state index in [1.54, 1.807) is 16.4 Å². The number of hydrogen-bond donors (Lipinski definition) is 1. The molecule has 0 aliphatic heterocycles. The average Bonchev–Trinajstić information content (AvgIpc) is 2.82. The second-order valence-corrected chi connectivity index (χ2v) is 5.22. The first-order chi connectivity index (χ1) is 9.71. The van der Waals surface area contributed by atoms with Gasteiger partial charge in [-0.2, -0.15) is 5.10 Å². The molecule has 1 N–H and O–H groups in total. The maximum absolute atomic E-state index is 5.38. The second-order valence-electron chi connectivity index (χ2n) is 4.13. The number of ether oxygens (including phenoxy) is 1. The average molecular weight is 293 g/mol. The van der Waals surface area contributed by atoms with Crippen LogP contribution in [0.3, 0.4) is 0 Å². The molecular weight excluding hydrogens is 274 g/mol. The van der Waals surface area contributed by atoms with E-state index in [0.717, 1.165) is 22.3 Å². The zero-order valence-corrected chi connectivity index (χ0v) is 12.8. The molecule has 7 heteroatoms. The number of aromatic nitrogens is 4. The molecule has 108 valence electrons. The Bertz CT molecular complexity index is 557. The molecule has 0 aliphatic carbocycles. The van der Waals surface area contributed by atoms with E-state index in [9.17, 15) is 0 Å². The Hall–Kier alpha value is -1.60. The van der Waals surface area contributed by atoms with Crippen LogP contribution in [0.4, 0.5) is 5.82 Å². The SMILES string of the molecule is CCNc1cc(Sc2cnn(C)c2)nc(COCC)n1. The highest BCUT2D eigenvalue weighted by molar-refractivity contribution is 7.99. The smallest absolute Gasteiger partial charge is 0.157 e. The first kappa shape index (κ1) is 14.8. The number of hydrogen-bond acceptors (Lipinski definition) is 6. The fourth-order valence-corrected chi connectivity index (χ4v) is 2.50. The van der Waals surface area contributed by atoms with Crippen LogP contribution in [0.1, 0.15) is 19.7 Å². The highest BCUT2D eigenvalue weighted by Crippen LogP contribution is 2.27. The quantitative estimate of drug-likeness (QED) is 0.790. The van der Waals surface area contributed by atoms with Gasteiger partial charge in [-0.1, -0.05) is 11.8 Å². The summed E-state index contributed by atoms with van der Waals surface area (Å²) in [5, 5.41) is 8.26. The standard InChI is InChI=1S/C13H19N5OS/c1-4-14-11-6-13(17-12(16-11)9-19-5-2)20-10-7-15-18(3)8-10/h6-8H,4-5,9H2,1-3H3,(H,14,16,17). The van der Waals surface area contributed by atoms with Crippen molar-refractivity contribution in [1.29, 1.82) is 0 Å². The monoisotopic (exact) mass is 293 g/mol. The summed E-state index contributed by atoms with van der Waals surface area (Å²) in [6.07, 6.45) is 3.78. The molecule has 0 spiro atoms. The van der Waals surface area contributed by atoms with Gasteiger partial charge < -0.3 is 10.1 Å². The molecule has 0 unspecified atom stereocenters. The molecular formula is C13H19N5OS. The van der Waals surface area contributed by atoms with Crippen LogP contribution in [0, 0.1) is 0 Å². The predicted octanol–water partition coefficient (Wildman–Crippen LogP) is 2.33. The maximum atomic E-state index is 5.38. The Morgan fingerprint density at radius 2 is 2.20 bits per heavy atom. The van der Waals surface area contributed by atoms with E-state index in [0.29, 0.717) is 19.0 Å². The molecule has 0 saturated heterocycles. The van der Waals surface area contributed by atoms with Crippen LogP contribution in [0.5, 0.6) is 0 Å². The fraction of sp³-hybridized carbons (Fsp3) is 0.462. The third-order valence-electron chi connectivity index (χ3n) is 2.45. The van der Waals surface area contributed by atoms with Crippen LogP contribution in [0.25, 0.3) is 0 Å². The van der Waals surface area contributed by atoms with Gasteiger partial charge >= 0.3 is 0 Å². The molecule has 2 aromatic heterocycles. The van der Waals surface area contributed by atoms with Gasteiger partial charge in [0.15, 0.2) is 5.82 Å². The zero-order valence-electron chi connectivity index (χ0n) is 12.0. The van der Waals surface area contributed by atoms with E-state index in [4.69, 9.17) is 4.74 Å². The third-order valence-corrected chi connectivity index (χ3v) is 3.31. The van der Waals surface area contributed by atoms with Crippen molar-refractivity contribution in [1.82, 2.24) is 19.7 Å². The van der Waals surface area contributed by atoms with Crippen molar-refractivity contribution in [3.05, 3.63) is 24.3 Å². The molecule has 0 radical (unpaired) electrons. The number of anilines is 1. The molecule has 2 rings (SSSR count). The van der Waals surface area contributed by atoms with Crippen molar-refractivity contribution in [2.45, 2.75) is 30.4 Å². The topological polar surface area (TPSA) is 64.9 Å². The Balaban J connectivity index is 2.18. The van der Waals surface area contributed by atoms with Crippen LogP contribution < -0.4 is 5.32 Å². The highest BCUT2D eigenvalue weighted by atomic mass is 32.2. The summed E-state index contributed by atoms with van der Waals surface area (Å²) >= 11 is 1.57. The van der Waals surface area contributed by atoms with E-state index in [-0.39, 0.29) is 0 Å². The van der Waals surface area contributed by atoms with Crippen LogP contribution in [-0.2, 0) is 18.4 Å². The van der Waals surface area contributed by atoms with Gasteiger partial charge in [0.2, 0.25) is 0 Å². The van der Waals surface area contributed by atoms with Gasteiger partial charge in [-0.25, -0.2) is 9.97 Å². The van der Waals surface area contributed by atoms with Crippen LogP contribution in [0.2, 0.25) is 0 Å². The Morgan fingerprint density at radius 3 is 2.85 bits per heavy atom. The lowest BCUT2D eigenvalue weighted by Gasteiger charge is -2.08. The summed E-state index contributed by atoms with van der Waals surface area (Å²) in [6, 6.07) is 1.94. The first-order valence-electron chi connectivity index (χ1n) is 6.57. The van der Waals surface area contributed by atoms with Gasteiger partial charge in [0, 0.05) is 32.5 Å². The number of rotatable bonds is 7. The molecule has 2 heterocycles. The minimum Gasteiger partial charge on any atom is -0.374 e. The van der Waals surface area contributed by atoms with Crippen molar-refractivity contribution < 1.29 is 4.74 Å². The Kier molecular flexibility index (Phi) is 5.37. The summed E-state index contributed by atoms with van der Waals surface area (Å²) in [5.41, 5.74) is 0. The van der Waals surface area contributed by atoms with Crippen LogP contribution >= 0.6 is 11.8 Å². The largest absolute Gasteiger partial charge is 0.374 e. The maximum Gasteiger partial charge on any atom is 0.157 e. The molecule has 0 aliphatic rings. The Labute approximate surface area is 123 Å². The van der Waals surface area contributed by atoms with Gasteiger partial charge in [0.1, 0.15) is 17.5 Å². The summed E-state index contributed by atoms with van der Waals surface area (Å²) in [6.45, 7) is 5.90. The first-order valence-corrected chi connectivity index (χ1v) is 7.39. The van der Waals surface area contributed by atoms with Gasteiger partial charge in [0.25, 0.3) is 0 Å². The molecule has 0 atom stereocenters. The lowest BCUT2D eigenvalue weighted by molar-refractivity contribution is 0.128. The number of aryl methyl sites for hydroxylation is 1.